The van der Waals surface area contributed by atoms with Crippen LogP contribution in [0.25, 0.3) is 0 Å². The van der Waals surface area contributed by atoms with E-state index in [9.17, 15) is 22.8 Å². The van der Waals surface area contributed by atoms with Crippen LogP contribution < -0.4 is 10.6 Å². The van der Waals surface area contributed by atoms with E-state index in [4.69, 9.17) is 0 Å². The zero-order valence-corrected chi connectivity index (χ0v) is 14.1. The molecule has 0 aromatic heterocycles. The van der Waals surface area contributed by atoms with Crippen molar-refractivity contribution in [3.63, 3.8) is 0 Å². The van der Waals surface area contributed by atoms with E-state index >= 15 is 0 Å². The first-order valence-corrected chi connectivity index (χ1v) is 8.00. The summed E-state index contributed by atoms with van der Waals surface area (Å²) in [5, 5.41) is 5.30. The molecule has 2 aromatic rings. The number of benzene rings is 2. The fourth-order valence-corrected chi connectivity index (χ4v) is 2.50. The van der Waals surface area contributed by atoms with Gasteiger partial charge < -0.3 is 10.6 Å². The molecule has 1 atom stereocenters. The van der Waals surface area contributed by atoms with Gasteiger partial charge in [0, 0.05) is 13.5 Å². The molecule has 0 fully saturated rings. The first-order valence-electron chi connectivity index (χ1n) is 8.00. The summed E-state index contributed by atoms with van der Waals surface area (Å²) in [7, 11) is 0. The third-order valence-electron chi connectivity index (χ3n) is 3.71. The zero-order chi connectivity index (χ0) is 19.2. The van der Waals surface area contributed by atoms with Gasteiger partial charge in [-0.05, 0) is 23.3 Å². The lowest BCUT2D eigenvalue weighted by atomic mass is 10.0. The summed E-state index contributed by atoms with van der Waals surface area (Å²) in [6.07, 6.45) is -4.44. The molecule has 0 aliphatic rings. The molecule has 0 unspecified atom stereocenters. The molecule has 2 N–H and O–H groups in total. The topological polar surface area (TPSA) is 58.2 Å². The second-order valence-electron chi connectivity index (χ2n) is 5.84. The Bertz CT molecular complexity index is 761. The second kappa shape index (κ2) is 8.51. The van der Waals surface area contributed by atoms with E-state index in [0.717, 1.165) is 17.7 Å². The third kappa shape index (κ3) is 5.91. The molecular weight excluding hydrogens is 345 g/mol. The van der Waals surface area contributed by atoms with E-state index in [1.54, 1.807) is 24.3 Å². The van der Waals surface area contributed by atoms with Crippen LogP contribution >= 0.6 is 0 Å². The molecule has 4 nitrogen and oxygen atoms in total. The Morgan fingerprint density at radius 2 is 1.73 bits per heavy atom. The van der Waals surface area contributed by atoms with Crippen molar-refractivity contribution in [2.24, 2.45) is 0 Å². The summed E-state index contributed by atoms with van der Waals surface area (Å²) in [6.45, 7) is 1.33. The van der Waals surface area contributed by atoms with Crippen molar-refractivity contribution in [1.29, 1.82) is 0 Å². The maximum Gasteiger partial charge on any atom is 0.416 e. The molecule has 7 heteroatoms. The minimum Gasteiger partial charge on any atom is -0.352 e. The van der Waals surface area contributed by atoms with Gasteiger partial charge in [-0.25, -0.2) is 0 Å². The van der Waals surface area contributed by atoms with Crippen LogP contribution in [-0.4, -0.2) is 11.8 Å². The van der Waals surface area contributed by atoms with Crippen molar-refractivity contribution < 1.29 is 22.8 Å². The normalized spacial score (nSPS) is 12.3. The van der Waals surface area contributed by atoms with Gasteiger partial charge in [0.15, 0.2) is 0 Å². The minimum atomic E-state index is -4.43. The summed E-state index contributed by atoms with van der Waals surface area (Å²) >= 11 is 0. The van der Waals surface area contributed by atoms with Crippen LogP contribution in [0, 0.1) is 0 Å². The molecule has 2 aromatic carbocycles. The van der Waals surface area contributed by atoms with E-state index < -0.39 is 17.8 Å². The van der Waals surface area contributed by atoms with E-state index in [1.807, 2.05) is 6.07 Å². The standard InChI is InChI=1S/C19H19F3N2O2/c1-13(25)24-17(15-7-3-2-4-8-15)11-18(26)23-12-14-6-5-9-16(10-14)19(20,21)22/h2-10,17H,11-12H2,1H3,(H,23,26)(H,24,25)/t17-/m0/s1. The fraction of sp³-hybridized carbons (Fsp3) is 0.263. The Kier molecular flexibility index (Phi) is 6.38. The Hall–Kier alpha value is -2.83. The first kappa shape index (κ1) is 19.5. The number of alkyl halides is 3. The largest absolute Gasteiger partial charge is 0.416 e. The van der Waals surface area contributed by atoms with E-state index in [2.05, 4.69) is 10.6 Å². The Labute approximate surface area is 149 Å². The molecular formula is C19H19F3N2O2. The van der Waals surface area contributed by atoms with E-state index in [0.29, 0.717) is 5.56 Å². The van der Waals surface area contributed by atoms with E-state index in [1.165, 1.54) is 19.1 Å². The van der Waals surface area contributed by atoms with Gasteiger partial charge in [0.1, 0.15) is 0 Å². The van der Waals surface area contributed by atoms with Gasteiger partial charge in [-0.3, -0.25) is 9.59 Å². The molecule has 138 valence electrons. The highest BCUT2D eigenvalue weighted by Crippen LogP contribution is 2.29. The lowest BCUT2D eigenvalue weighted by Crippen LogP contribution is -2.32. The average molecular weight is 364 g/mol. The lowest BCUT2D eigenvalue weighted by Gasteiger charge is -2.18. The number of carbonyl (C=O) groups is 2. The van der Waals surface area contributed by atoms with Crippen LogP contribution in [-0.2, 0) is 22.3 Å². The van der Waals surface area contributed by atoms with Crippen LogP contribution in [0.4, 0.5) is 13.2 Å². The number of hydrogen-bond donors (Lipinski definition) is 2. The molecule has 0 saturated carbocycles. The highest BCUT2D eigenvalue weighted by molar-refractivity contribution is 5.79. The second-order valence-corrected chi connectivity index (χ2v) is 5.84. The summed E-state index contributed by atoms with van der Waals surface area (Å²) < 4.78 is 38.2. The Morgan fingerprint density at radius 3 is 2.35 bits per heavy atom. The van der Waals surface area contributed by atoms with Gasteiger partial charge in [0.25, 0.3) is 0 Å². The molecule has 0 aliphatic carbocycles. The van der Waals surface area contributed by atoms with Crippen molar-refractivity contribution in [3.05, 3.63) is 71.3 Å². The molecule has 2 rings (SSSR count). The molecule has 0 heterocycles. The minimum absolute atomic E-state index is 0.0114. The fourth-order valence-electron chi connectivity index (χ4n) is 2.50. The summed E-state index contributed by atoms with van der Waals surface area (Å²) in [5.41, 5.74) is 0.366. The first-order chi connectivity index (χ1) is 12.3. The quantitative estimate of drug-likeness (QED) is 0.823. The average Bonchev–Trinajstić information content (AvgIpc) is 2.59. The highest BCUT2D eigenvalue weighted by atomic mass is 19.4. The molecule has 0 radical (unpaired) electrons. The predicted octanol–water partition coefficient (Wildman–Crippen LogP) is 3.59. The van der Waals surface area contributed by atoms with Gasteiger partial charge >= 0.3 is 6.18 Å². The Balaban J connectivity index is 1.99. The van der Waals surface area contributed by atoms with Gasteiger partial charge in [0.2, 0.25) is 11.8 Å². The Morgan fingerprint density at radius 1 is 1.04 bits per heavy atom. The van der Waals surface area contributed by atoms with Crippen molar-refractivity contribution in [3.8, 4) is 0 Å². The SMILES string of the molecule is CC(=O)N[C@@H](CC(=O)NCc1cccc(C(F)(F)F)c1)c1ccccc1. The molecule has 26 heavy (non-hydrogen) atoms. The van der Waals surface area contributed by atoms with Crippen LogP contribution in [0.1, 0.15) is 36.1 Å². The monoisotopic (exact) mass is 364 g/mol. The third-order valence-corrected chi connectivity index (χ3v) is 3.71. The molecule has 0 bridgehead atoms. The van der Waals surface area contributed by atoms with Gasteiger partial charge in [-0.1, -0.05) is 42.5 Å². The van der Waals surface area contributed by atoms with Crippen LogP contribution in [0.2, 0.25) is 0 Å². The molecule has 2 amide bonds. The zero-order valence-electron chi connectivity index (χ0n) is 14.1. The van der Waals surface area contributed by atoms with Crippen LogP contribution in [0.5, 0.6) is 0 Å². The number of amides is 2. The van der Waals surface area contributed by atoms with Crippen molar-refractivity contribution in [2.45, 2.75) is 32.1 Å². The number of rotatable bonds is 6. The maximum atomic E-state index is 12.7. The summed E-state index contributed by atoms with van der Waals surface area (Å²) in [5.74, 6) is -0.644. The van der Waals surface area contributed by atoms with Gasteiger partial charge in [0.05, 0.1) is 18.0 Å². The number of nitrogens with one attached hydrogen (secondary N) is 2. The highest BCUT2D eigenvalue weighted by Gasteiger charge is 2.30. The number of hydrogen-bond acceptors (Lipinski definition) is 2. The van der Waals surface area contributed by atoms with Crippen molar-refractivity contribution in [2.75, 3.05) is 0 Å². The smallest absolute Gasteiger partial charge is 0.352 e. The van der Waals surface area contributed by atoms with Crippen LogP contribution in [0.15, 0.2) is 54.6 Å². The van der Waals surface area contributed by atoms with Crippen molar-refractivity contribution in [1.82, 2.24) is 10.6 Å². The molecule has 0 aliphatic heterocycles. The molecule has 0 spiro atoms. The van der Waals surface area contributed by atoms with Crippen LogP contribution in [0.3, 0.4) is 0 Å². The maximum absolute atomic E-state index is 12.7. The van der Waals surface area contributed by atoms with E-state index in [-0.39, 0.29) is 24.8 Å². The lowest BCUT2D eigenvalue weighted by molar-refractivity contribution is -0.137. The number of halogens is 3. The summed E-state index contributed by atoms with van der Waals surface area (Å²) in [4.78, 5) is 23.5. The van der Waals surface area contributed by atoms with Gasteiger partial charge in [-0.15, -0.1) is 0 Å². The summed E-state index contributed by atoms with van der Waals surface area (Å²) in [6, 6.07) is 13.3. The molecule has 0 saturated heterocycles. The van der Waals surface area contributed by atoms with Crippen molar-refractivity contribution >= 4 is 11.8 Å². The van der Waals surface area contributed by atoms with Gasteiger partial charge in [-0.2, -0.15) is 13.2 Å². The predicted molar refractivity (Wildman–Crippen MR) is 90.9 cm³/mol. The number of carbonyl (C=O) groups excluding carboxylic acids is 2.